The third kappa shape index (κ3) is 4.21. The highest BCUT2D eigenvalue weighted by molar-refractivity contribution is 9.10. The van der Waals surface area contributed by atoms with Crippen molar-refractivity contribution in [2.24, 2.45) is 0 Å². The molecule has 1 heterocycles. The van der Waals surface area contributed by atoms with E-state index in [2.05, 4.69) is 20.8 Å². The first-order valence-electron chi connectivity index (χ1n) is 6.97. The van der Waals surface area contributed by atoms with Gasteiger partial charge in [0.15, 0.2) is 0 Å². The molecule has 0 atom stereocenters. The molecule has 0 bridgehead atoms. The highest BCUT2D eigenvalue weighted by Crippen LogP contribution is 2.27. The third-order valence-corrected chi connectivity index (χ3v) is 5.45. The lowest BCUT2D eigenvalue weighted by atomic mass is 10.3. The van der Waals surface area contributed by atoms with Crippen molar-refractivity contribution in [3.63, 3.8) is 0 Å². The van der Waals surface area contributed by atoms with Crippen LogP contribution < -0.4 is 4.31 Å². The van der Waals surface area contributed by atoms with Gasteiger partial charge in [-0.25, -0.2) is 8.42 Å². The zero-order valence-corrected chi connectivity index (χ0v) is 15.1. The monoisotopic (exact) mass is 389 g/mol. The fourth-order valence-electron chi connectivity index (χ4n) is 2.31. The first-order chi connectivity index (χ1) is 10.3. The molecule has 0 unspecified atom stereocenters. The molecule has 1 aliphatic heterocycles. The number of amides is 1. The van der Waals surface area contributed by atoms with Crippen LogP contribution in [-0.4, -0.2) is 70.2 Å². The molecule has 6 nitrogen and oxygen atoms in total. The zero-order valence-electron chi connectivity index (χ0n) is 12.7. The molecule has 1 amide bonds. The Bertz CT molecular complexity index is 642. The number of likely N-dealkylation sites (N-methyl/N-ethyl adjacent to an activating group) is 1. The summed E-state index contributed by atoms with van der Waals surface area (Å²) in [5.41, 5.74) is 0.479. The minimum Gasteiger partial charge on any atom is -0.339 e. The van der Waals surface area contributed by atoms with E-state index < -0.39 is 10.0 Å². The van der Waals surface area contributed by atoms with E-state index in [9.17, 15) is 13.2 Å². The summed E-state index contributed by atoms with van der Waals surface area (Å²) in [5.74, 6) is -0.172. The number of halogens is 1. The van der Waals surface area contributed by atoms with Crippen LogP contribution in [-0.2, 0) is 14.8 Å². The van der Waals surface area contributed by atoms with E-state index in [0.717, 1.165) is 23.7 Å². The Kier molecular flexibility index (Phi) is 5.46. The minimum atomic E-state index is -3.54. The van der Waals surface area contributed by atoms with Crippen molar-refractivity contribution in [3.8, 4) is 0 Å². The number of piperazine rings is 1. The summed E-state index contributed by atoms with van der Waals surface area (Å²) in [6.45, 7) is 2.69. The zero-order chi connectivity index (χ0) is 16.3. The minimum absolute atomic E-state index is 0.172. The molecule has 122 valence electrons. The molecular weight excluding hydrogens is 370 g/mol. The van der Waals surface area contributed by atoms with Crippen molar-refractivity contribution < 1.29 is 13.2 Å². The second-order valence-corrected chi connectivity index (χ2v) is 8.17. The van der Waals surface area contributed by atoms with Crippen LogP contribution in [0.25, 0.3) is 0 Å². The smallest absolute Gasteiger partial charge is 0.243 e. The van der Waals surface area contributed by atoms with E-state index >= 15 is 0 Å². The molecule has 1 aromatic rings. The van der Waals surface area contributed by atoms with Gasteiger partial charge in [0, 0.05) is 30.7 Å². The molecule has 0 aliphatic carbocycles. The van der Waals surface area contributed by atoms with E-state index in [4.69, 9.17) is 0 Å². The topological polar surface area (TPSA) is 60.9 Å². The van der Waals surface area contributed by atoms with Gasteiger partial charge >= 0.3 is 0 Å². The van der Waals surface area contributed by atoms with E-state index in [1.54, 1.807) is 29.2 Å². The Morgan fingerprint density at radius 1 is 1.23 bits per heavy atom. The number of para-hydroxylation sites is 1. The number of carbonyl (C=O) groups excluding carboxylic acids is 1. The van der Waals surface area contributed by atoms with Crippen molar-refractivity contribution in [2.75, 3.05) is 50.3 Å². The Balaban J connectivity index is 2.18. The predicted octanol–water partition coefficient (Wildman–Crippen LogP) is 0.989. The van der Waals surface area contributed by atoms with Crippen LogP contribution in [0.15, 0.2) is 28.7 Å². The molecule has 1 aliphatic rings. The fraction of sp³-hybridized carbons (Fsp3) is 0.500. The van der Waals surface area contributed by atoms with Gasteiger partial charge in [-0.15, -0.1) is 0 Å². The summed E-state index contributed by atoms with van der Waals surface area (Å²) in [7, 11) is -1.53. The van der Waals surface area contributed by atoms with Crippen LogP contribution in [0.4, 0.5) is 5.69 Å². The lowest BCUT2D eigenvalue weighted by Crippen LogP contribution is -2.50. The molecule has 1 fully saturated rings. The van der Waals surface area contributed by atoms with Crippen LogP contribution in [0, 0.1) is 0 Å². The van der Waals surface area contributed by atoms with E-state index in [-0.39, 0.29) is 12.5 Å². The molecular formula is C14H20BrN3O3S. The number of hydrogen-bond donors (Lipinski definition) is 0. The molecule has 0 aromatic heterocycles. The van der Waals surface area contributed by atoms with Crippen molar-refractivity contribution in [2.45, 2.75) is 0 Å². The number of carbonyl (C=O) groups is 1. The third-order valence-electron chi connectivity index (χ3n) is 3.66. The maximum Gasteiger partial charge on any atom is 0.243 e. The average Bonchev–Trinajstić information content (AvgIpc) is 2.45. The molecule has 0 spiro atoms. The molecule has 2 rings (SSSR count). The number of anilines is 1. The second kappa shape index (κ2) is 6.97. The number of rotatable bonds is 4. The average molecular weight is 390 g/mol. The predicted molar refractivity (Wildman–Crippen MR) is 90.4 cm³/mol. The van der Waals surface area contributed by atoms with Gasteiger partial charge < -0.3 is 9.80 Å². The fourth-order valence-corrected chi connectivity index (χ4v) is 3.79. The van der Waals surface area contributed by atoms with Gasteiger partial charge in [0.1, 0.15) is 6.54 Å². The maximum atomic E-state index is 12.4. The largest absolute Gasteiger partial charge is 0.339 e. The number of sulfonamides is 1. The molecule has 0 saturated carbocycles. The molecule has 0 radical (unpaired) electrons. The standard InChI is InChI=1S/C14H20BrN3O3S/c1-16-7-9-17(10-8-16)14(19)11-18(22(2,20)21)13-6-4-3-5-12(13)15/h3-6H,7-11H2,1-2H3. The van der Waals surface area contributed by atoms with Gasteiger partial charge in [-0.1, -0.05) is 12.1 Å². The maximum absolute atomic E-state index is 12.4. The number of benzene rings is 1. The van der Waals surface area contributed by atoms with Crippen LogP contribution in [0.2, 0.25) is 0 Å². The number of nitrogens with zero attached hydrogens (tertiary/aromatic N) is 3. The van der Waals surface area contributed by atoms with Gasteiger partial charge in [0.25, 0.3) is 0 Å². The SMILES string of the molecule is CN1CCN(C(=O)CN(c2ccccc2Br)S(C)(=O)=O)CC1. The van der Waals surface area contributed by atoms with Gasteiger partial charge in [-0.2, -0.15) is 0 Å². The number of hydrogen-bond acceptors (Lipinski definition) is 4. The lowest BCUT2D eigenvalue weighted by molar-refractivity contribution is -0.131. The highest BCUT2D eigenvalue weighted by Gasteiger charge is 2.26. The van der Waals surface area contributed by atoms with Gasteiger partial charge in [0.2, 0.25) is 15.9 Å². The Labute approximate surface area is 139 Å². The van der Waals surface area contributed by atoms with E-state index in [1.807, 2.05) is 7.05 Å². The second-order valence-electron chi connectivity index (χ2n) is 5.41. The van der Waals surface area contributed by atoms with Gasteiger partial charge in [-0.3, -0.25) is 9.10 Å². The summed E-state index contributed by atoms with van der Waals surface area (Å²) < 4.78 is 26.0. The normalized spacial score (nSPS) is 16.6. The quantitative estimate of drug-likeness (QED) is 0.770. The summed E-state index contributed by atoms with van der Waals surface area (Å²) in [6, 6.07) is 6.99. The van der Waals surface area contributed by atoms with Crippen LogP contribution in [0.5, 0.6) is 0 Å². The van der Waals surface area contributed by atoms with Crippen LogP contribution in [0.3, 0.4) is 0 Å². The Morgan fingerprint density at radius 3 is 2.36 bits per heavy atom. The first-order valence-corrected chi connectivity index (χ1v) is 9.62. The van der Waals surface area contributed by atoms with E-state index in [1.165, 1.54) is 0 Å². The molecule has 1 saturated heterocycles. The summed E-state index contributed by atoms with van der Waals surface area (Å²) in [5, 5.41) is 0. The lowest BCUT2D eigenvalue weighted by Gasteiger charge is -2.34. The first kappa shape index (κ1) is 17.2. The molecule has 8 heteroatoms. The van der Waals surface area contributed by atoms with Crippen molar-refractivity contribution in [1.82, 2.24) is 9.80 Å². The molecule has 1 aromatic carbocycles. The van der Waals surface area contributed by atoms with Crippen molar-refractivity contribution in [3.05, 3.63) is 28.7 Å². The van der Waals surface area contributed by atoms with Crippen LogP contribution in [0.1, 0.15) is 0 Å². The molecule has 0 N–H and O–H groups in total. The van der Waals surface area contributed by atoms with Gasteiger partial charge in [-0.05, 0) is 35.1 Å². The summed E-state index contributed by atoms with van der Waals surface area (Å²) >= 11 is 3.35. The highest BCUT2D eigenvalue weighted by atomic mass is 79.9. The Morgan fingerprint density at radius 2 is 1.82 bits per heavy atom. The Hall–Kier alpha value is -1.12. The van der Waals surface area contributed by atoms with Crippen molar-refractivity contribution >= 4 is 37.5 Å². The summed E-state index contributed by atoms with van der Waals surface area (Å²) in [6.07, 6.45) is 1.11. The van der Waals surface area contributed by atoms with E-state index in [0.29, 0.717) is 23.2 Å². The van der Waals surface area contributed by atoms with Crippen LogP contribution >= 0.6 is 15.9 Å². The summed E-state index contributed by atoms with van der Waals surface area (Å²) in [4.78, 5) is 16.3. The molecule has 22 heavy (non-hydrogen) atoms. The van der Waals surface area contributed by atoms with Gasteiger partial charge in [0.05, 0.1) is 11.9 Å². The van der Waals surface area contributed by atoms with Crippen molar-refractivity contribution in [1.29, 1.82) is 0 Å².